The molecule has 5 aromatic rings. The Kier molecular flexibility index (Phi) is 8.44. The van der Waals surface area contributed by atoms with E-state index in [9.17, 15) is 4.79 Å². The third-order valence-corrected chi connectivity index (χ3v) is 16.9. The van der Waals surface area contributed by atoms with Crippen molar-refractivity contribution in [3.8, 4) is 11.1 Å². The van der Waals surface area contributed by atoms with Crippen molar-refractivity contribution in [3.63, 3.8) is 0 Å². The molecule has 308 valence electrons. The van der Waals surface area contributed by atoms with Gasteiger partial charge in [0.05, 0.1) is 28.6 Å². The summed E-state index contributed by atoms with van der Waals surface area (Å²) in [5.74, 6) is 1.53. The summed E-state index contributed by atoms with van der Waals surface area (Å²) in [7, 11) is 0. The summed E-state index contributed by atoms with van der Waals surface area (Å²) in [5, 5.41) is 18.6. The van der Waals surface area contributed by atoms with Gasteiger partial charge in [0.25, 0.3) is 5.91 Å². The summed E-state index contributed by atoms with van der Waals surface area (Å²) in [4.78, 5) is 27.5. The Labute approximate surface area is 350 Å². The second kappa shape index (κ2) is 13.3. The average molecular weight is 813 g/mol. The summed E-state index contributed by atoms with van der Waals surface area (Å²) < 4.78 is 10.5. The zero-order chi connectivity index (χ0) is 40.4. The zero-order valence-corrected chi connectivity index (χ0v) is 35.8. The zero-order valence-electron chi connectivity index (χ0n) is 34.9. The third kappa shape index (κ3) is 5.73. The van der Waals surface area contributed by atoms with Gasteiger partial charge in [-0.1, -0.05) is 37.3 Å². The first-order chi connectivity index (χ1) is 28.4. The van der Waals surface area contributed by atoms with Gasteiger partial charge >= 0.3 is 0 Å². The molecule has 12 nitrogen and oxygen atoms in total. The van der Waals surface area contributed by atoms with Crippen molar-refractivity contribution in [2.75, 3.05) is 43.0 Å². The number of para-hydroxylation sites is 1. The molecule has 5 fully saturated rings. The third-order valence-electron chi connectivity index (χ3n) is 16.0. The summed E-state index contributed by atoms with van der Waals surface area (Å²) >= 11 is 1.60. The number of hydrogen-bond acceptors (Lipinski definition) is 11. The normalized spacial score (nSPS) is 30.7. The van der Waals surface area contributed by atoms with Crippen LogP contribution < -0.4 is 16.0 Å². The first-order valence-electron chi connectivity index (χ1n) is 21.9. The predicted octanol–water partition coefficient (Wildman–Crippen LogP) is 8.51. The fourth-order valence-corrected chi connectivity index (χ4v) is 14.5. The molecule has 3 N–H and O–H groups in total. The number of thiazole rings is 1. The Hall–Kier alpha value is -4.46. The van der Waals surface area contributed by atoms with Crippen molar-refractivity contribution in [3.05, 3.63) is 65.1 Å². The number of hydrogen-bond donors (Lipinski definition) is 2. The fourth-order valence-electron chi connectivity index (χ4n) is 13.7. The first kappa shape index (κ1) is 37.5. The number of fused-ring (bicyclic) bond motifs is 4. The van der Waals surface area contributed by atoms with Crippen LogP contribution in [0, 0.1) is 35.5 Å². The van der Waals surface area contributed by atoms with Crippen LogP contribution in [0.15, 0.2) is 42.6 Å². The van der Waals surface area contributed by atoms with Crippen molar-refractivity contribution in [1.82, 2.24) is 34.8 Å². The van der Waals surface area contributed by atoms with Crippen molar-refractivity contribution in [1.29, 1.82) is 0 Å². The first-order valence-corrected chi connectivity index (χ1v) is 22.7. The number of aromatic nitrogens is 6. The molecular weight excluding hydrogens is 757 g/mol. The van der Waals surface area contributed by atoms with Gasteiger partial charge in [-0.3, -0.25) is 9.48 Å². The van der Waals surface area contributed by atoms with Gasteiger partial charge < -0.3 is 25.6 Å². The second-order valence-corrected chi connectivity index (χ2v) is 20.8. The van der Waals surface area contributed by atoms with Crippen LogP contribution in [-0.2, 0) is 17.7 Å². The fraction of sp³-hybridized carbons (Fsp3) is 0.565. The number of pyridine rings is 1. The van der Waals surface area contributed by atoms with E-state index in [1.165, 1.54) is 70.9 Å². The van der Waals surface area contributed by atoms with E-state index in [1.807, 2.05) is 36.5 Å². The van der Waals surface area contributed by atoms with Crippen LogP contribution in [-0.4, -0.2) is 79.1 Å². The van der Waals surface area contributed by atoms with E-state index >= 15 is 0 Å². The number of carbonyl (C=O) groups excluding carboxylic acids is 1. The van der Waals surface area contributed by atoms with E-state index in [4.69, 9.17) is 30.6 Å². The van der Waals surface area contributed by atoms with Gasteiger partial charge in [0, 0.05) is 53.0 Å². The highest BCUT2D eigenvalue weighted by atomic mass is 32.1. The number of likely N-dealkylation sites (tertiary alicyclic amines) is 1. The van der Waals surface area contributed by atoms with Gasteiger partial charge in [0.2, 0.25) is 0 Å². The molecule has 13 heteroatoms. The summed E-state index contributed by atoms with van der Waals surface area (Å²) in [6.45, 7) is 15.3. The Balaban J connectivity index is 0.849. The Morgan fingerprint density at radius 1 is 0.932 bits per heavy atom. The maximum Gasteiger partial charge on any atom is 0.268 e. The smallest absolute Gasteiger partial charge is 0.268 e. The molecule has 5 unspecified atom stereocenters. The molecule has 1 spiro atoms. The lowest BCUT2D eigenvalue weighted by Crippen LogP contribution is -2.71. The van der Waals surface area contributed by atoms with Crippen LogP contribution in [0.4, 0.5) is 22.6 Å². The number of primary amides is 1. The van der Waals surface area contributed by atoms with E-state index in [1.54, 1.807) is 11.3 Å². The molecule has 1 aromatic carbocycles. The van der Waals surface area contributed by atoms with E-state index in [2.05, 4.69) is 58.7 Å². The van der Waals surface area contributed by atoms with Crippen LogP contribution in [0.25, 0.3) is 21.3 Å². The van der Waals surface area contributed by atoms with Crippen LogP contribution >= 0.6 is 11.3 Å². The van der Waals surface area contributed by atoms with Gasteiger partial charge in [0.15, 0.2) is 16.8 Å². The largest absolute Gasteiger partial charge is 0.373 e. The minimum atomic E-state index is -0.559. The molecule has 6 heterocycles. The molecular formula is C46H56N10O2S. The van der Waals surface area contributed by atoms with Crippen LogP contribution in [0.1, 0.15) is 105 Å². The highest BCUT2D eigenvalue weighted by Crippen LogP contribution is 2.86. The maximum absolute atomic E-state index is 13.2. The quantitative estimate of drug-likeness (QED) is 0.133. The van der Waals surface area contributed by atoms with Gasteiger partial charge in [-0.25, -0.2) is 9.97 Å². The Morgan fingerprint density at radius 2 is 1.78 bits per heavy atom. The number of amides is 1. The van der Waals surface area contributed by atoms with Gasteiger partial charge in [-0.2, -0.15) is 5.10 Å². The van der Waals surface area contributed by atoms with Crippen LogP contribution in [0.3, 0.4) is 0 Å². The number of rotatable bonds is 11. The topological polar surface area (TPSA) is 140 Å². The highest BCUT2D eigenvalue weighted by molar-refractivity contribution is 7.22. The number of carbonyl (C=O) groups is 1. The number of nitrogens with zero attached hydrogens (tertiary/aromatic N) is 8. The molecule has 3 bridgehead atoms. The molecule has 11 rings (SSSR count). The highest BCUT2D eigenvalue weighted by Gasteiger charge is 2.82. The Bertz CT molecular complexity index is 2480. The molecule has 59 heavy (non-hydrogen) atoms. The lowest BCUT2D eigenvalue weighted by molar-refractivity contribution is -0.302. The van der Waals surface area contributed by atoms with Gasteiger partial charge in [0.1, 0.15) is 11.5 Å². The van der Waals surface area contributed by atoms with Crippen LogP contribution in [0.2, 0.25) is 0 Å². The van der Waals surface area contributed by atoms with Gasteiger partial charge in [-0.15, -0.1) is 10.2 Å². The van der Waals surface area contributed by atoms with Crippen molar-refractivity contribution >= 4 is 50.0 Å². The van der Waals surface area contributed by atoms with E-state index in [0.717, 1.165) is 76.1 Å². The lowest BCUT2D eigenvalue weighted by atomic mass is 9.34. The van der Waals surface area contributed by atoms with Crippen molar-refractivity contribution in [2.45, 2.75) is 110 Å². The lowest BCUT2D eigenvalue weighted by Gasteiger charge is -2.73. The van der Waals surface area contributed by atoms with E-state index < -0.39 is 5.91 Å². The number of benzene rings is 1. The summed E-state index contributed by atoms with van der Waals surface area (Å²) in [6.07, 6.45) is 15.0. The number of anilines is 4. The molecule has 4 saturated carbocycles. The molecule has 1 saturated heterocycles. The molecule has 5 atom stereocenters. The maximum atomic E-state index is 13.2. The standard InChI is InChI=1S/C46H56N10O2S/c1-29-31-10-9-19-55(40(31)53-52-39(29)51-41-49-34-11-5-6-12-35(34)59-41)36-14-13-32(37(50-36)38(47)57)33-22-48-56(30(33)2)28-44-16-15-43(4)26-46(58-21-20-54-17-7-8-18-54)25-42(3,23-44)24-45(43,46)27-44/h5-6,11-14,22H,7-10,15-21,23-28H2,1-4H3,(H2,47,57)(H,49,51,52). The van der Waals surface area contributed by atoms with Crippen molar-refractivity contribution < 1.29 is 9.53 Å². The molecule has 2 aliphatic heterocycles. The number of ether oxygens (including phenoxy) is 1. The monoisotopic (exact) mass is 812 g/mol. The second-order valence-electron chi connectivity index (χ2n) is 19.8. The average Bonchev–Trinajstić information content (AvgIpc) is 4.00. The molecule has 4 aliphatic carbocycles. The van der Waals surface area contributed by atoms with Gasteiger partial charge in [-0.05, 0) is 138 Å². The SMILES string of the molecule is Cc1c(Nc2nc3ccccc3s2)nnc2c1CCCN2c1ccc(-c2cnn(CC34CCC5(C)CC6(OCCN7CCCC7)CC(C)(C3)CC56C4)c2C)c(C(N)=O)n1. The predicted molar refractivity (Wildman–Crippen MR) is 231 cm³/mol. The van der Waals surface area contributed by atoms with Crippen molar-refractivity contribution in [2.24, 2.45) is 27.4 Å². The molecule has 4 aromatic heterocycles. The molecule has 0 radical (unpaired) electrons. The Morgan fingerprint density at radius 3 is 2.61 bits per heavy atom. The summed E-state index contributed by atoms with van der Waals surface area (Å²) in [6, 6.07) is 12.1. The summed E-state index contributed by atoms with van der Waals surface area (Å²) in [5.41, 5.74) is 13.2. The minimum Gasteiger partial charge on any atom is -0.373 e. The van der Waals surface area contributed by atoms with E-state index in [0.29, 0.717) is 29.2 Å². The minimum absolute atomic E-state index is 0.0159. The van der Waals surface area contributed by atoms with Crippen LogP contribution in [0.5, 0.6) is 0 Å². The molecule has 1 amide bonds. The van der Waals surface area contributed by atoms with E-state index in [-0.39, 0.29) is 27.5 Å². The number of nitrogens with two attached hydrogens (primary N) is 1. The number of nitrogens with one attached hydrogen (secondary N) is 1. The molecule has 6 aliphatic rings.